The van der Waals surface area contributed by atoms with Crippen molar-refractivity contribution in [3.05, 3.63) is 35.9 Å². The van der Waals surface area contributed by atoms with Gasteiger partial charge in [0.15, 0.2) is 9.84 Å². The summed E-state index contributed by atoms with van der Waals surface area (Å²) in [5.41, 5.74) is 1.19. The van der Waals surface area contributed by atoms with Gasteiger partial charge < -0.3 is 0 Å². The third-order valence-electron chi connectivity index (χ3n) is 4.79. The maximum absolute atomic E-state index is 12.7. The summed E-state index contributed by atoms with van der Waals surface area (Å²) in [5.74, 6) is -0.108. The molecule has 1 aromatic rings. The molecule has 0 radical (unpaired) electrons. The molecule has 0 amide bonds. The van der Waals surface area contributed by atoms with Gasteiger partial charge in [0.1, 0.15) is 0 Å². The van der Waals surface area contributed by atoms with Gasteiger partial charge in [-0.15, -0.1) is 0 Å². The Morgan fingerprint density at radius 1 is 1.29 bits per heavy atom. The smallest absolute Gasteiger partial charge is 0.157 e. The first kappa shape index (κ1) is 16.0. The normalized spacial score (nSPS) is 27.8. The highest BCUT2D eigenvalue weighted by molar-refractivity contribution is 7.92. The van der Waals surface area contributed by atoms with E-state index in [4.69, 9.17) is 0 Å². The van der Waals surface area contributed by atoms with Crippen LogP contribution < -0.4 is 0 Å². The number of hydrogen-bond acceptors (Lipinski definition) is 3. The largest absolute Gasteiger partial charge is 0.228 e. The molecule has 21 heavy (non-hydrogen) atoms. The molecule has 0 aromatic heterocycles. The minimum Gasteiger partial charge on any atom is -0.228 e. The molecule has 0 N–H and O–H groups in total. The second kappa shape index (κ2) is 6.62. The summed E-state index contributed by atoms with van der Waals surface area (Å²) in [7, 11) is -3.24. The van der Waals surface area contributed by atoms with Crippen LogP contribution in [0, 0.1) is 17.2 Å². The van der Waals surface area contributed by atoms with Crippen molar-refractivity contribution in [2.75, 3.05) is 0 Å². The van der Waals surface area contributed by atoms with E-state index in [1.807, 2.05) is 25.1 Å². The number of rotatable bonds is 4. The Balaban J connectivity index is 2.27. The lowest BCUT2D eigenvalue weighted by Crippen LogP contribution is -2.39. The zero-order valence-electron chi connectivity index (χ0n) is 12.7. The van der Waals surface area contributed by atoms with Crippen LogP contribution in [0.5, 0.6) is 0 Å². The van der Waals surface area contributed by atoms with Crippen molar-refractivity contribution >= 4 is 9.84 Å². The standard InChI is InChI=1S/C17H23NO2S/c1-3-13(2)21(19,20)17-11-15(9-10-16(17)12-18)14-7-5-4-6-8-14/h4-8,13,15-17H,3,9-11H2,1-2H3. The predicted octanol–water partition coefficient (Wildman–Crippen LogP) is 3.68. The fourth-order valence-electron chi connectivity index (χ4n) is 3.20. The molecule has 1 aliphatic rings. The zero-order valence-corrected chi connectivity index (χ0v) is 13.5. The minimum atomic E-state index is -3.24. The van der Waals surface area contributed by atoms with Gasteiger partial charge in [0, 0.05) is 0 Å². The van der Waals surface area contributed by atoms with Crippen LogP contribution in [0.1, 0.15) is 51.0 Å². The van der Waals surface area contributed by atoms with E-state index in [9.17, 15) is 13.7 Å². The number of nitrogens with zero attached hydrogens (tertiary/aromatic N) is 1. The monoisotopic (exact) mass is 305 g/mol. The molecule has 4 atom stereocenters. The third kappa shape index (κ3) is 3.29. The maximum atomic E-state index is 12.7. The summed E-state index contributed by atoms with van der Waals surface area (Å²) in [4.78, 5) is 0. The van der Waals surface area contributed by atoms with E-state index < -0.39 is 15.1 Å². The van der Waals surface area contributed by atoms with Crippen molar-refractivity contribution in [1.29, 1.82) is 5.26 Å². The second-order valence-electron chi connectivity index (χ2n) is 6.00. The summed E-state index contributed by atoms with van der Waals surface area (Å²) in [6.07, 6.45) is 2.76. The highest BCUT2D eigenvalue weighted by Crippen LogP contribution is 2.40. The molecule has 0 heterocycles. The Kier molecular flexibility index (Phi) is 5.05. The fraction of sp³-hybridized carbons (Fsp3) is 0.588. The lowest BCUT2D eigenvalue weighted by Gasteiger charge is -2.34. The topological polar surface area (TPSA) is 57.9 Å². The highest BCUT2D eigenvalue weighted by Gasteiger charge is 2.41. The van der Waals surface area contributed by atoms with Crippen LogP contribution in [-0.2, 0) is 9.84 Å². The molecular weight excluding hydrogens is 282 g/mol. The van der Waals surface area contributed by atoms with Crippen molar-refractivity contribution in [1.82, 2.24) is 0 Å². The number of benzene rings is 1. The van der Waals surface area contributed by atoms with E-state index in [2.05, 4.69) is 18.2 Å². The van der Waals surface area contributed by atoms with E-state index in [-0.39, 0.29) is 17.1 Å². The molecule has 1 aliphatic carbocycles. The van der Waals surface area contributed by atoms with Crippen molar-refractivity contribution in [2.45, 2.75) is 55.9 Å². The van der Waals surface area contributed by atoms with Crippen LogP contribution >= 0.6 is 0 Å². The van der Waals surface area contributed by atoms with Gasteiger partial charge in [-0.2, -0.15) is 5.26 Å². The molecular formula is C17H23NO2S. The molecule has 0 spiro atoms. The van der Waals surface area contributed by atoms with E-state index in [1.54, 1.807) is 6.92 Å². The van der Waals surface area contributed by atoms with E-state index in [0.717, 1.165) is 6.42 Å². The van der Waals surface area contributed by atoms with Gasteiger partial charge in [0.25, 0.3) is 0 Å². The molecule has 3 nitrogen and oxygen atoms in total. The first-order valence-corrected chi connectivity index (χ1v) is 9.28. The van der Waals surface area contributed by atoms with Crippen LogP contribution in [0.2, 0.25) is 0 Å². The molecule has 4 unspecified atom stereocenters. The number of nitriles is 1. The zero-order chi connectivity index (χ0) is 15.5. The molecule has 114 valence electrons. The molecule has 1 saturated carbocycles. The van der Waals surface area contributed by atoms with Gasteiger partial charge in [-0.3, -0.25) is 0 Å². The lowest BCUT2D eigenvalue weighted by atomic mass is 9.79. The third-order valence-corrected chi connectivity index (χ3v) is 7.61. The van der Waals surface area contributed by atoms with Crippen molar-refractivity contribution < 1.29 is 8.42 Å². The molecule has 0 saturated heterocycles. The summed E-state index contributed by atoms with van der Waals surface area (Å²) in [6, 6.07) is 12.3. The second-order valence-corrected chi connectivity index (χ2v) is 8.59. The van der Waals surface area contributed by atoms with Crippen molar-refractivity contribution in [2.24, 2.45) is 5.92 Å². The van der Waals surface area contributed by atoms with Gasteiger partial charge in [-0.1, -0.05) is 37.3 Å². The van der Waals surface area contributed by atoms with Crippen molar-refractivity contribution in [3.8, 4) is 6.07 Å². The molecule has 0 bridgehead atoms. The Morgan fingerprint density at radius 2 is 1.95 bits per heavy atom. The molecule has 1 fully saturated rings. The lowest BCUT2D eigenvalue weighted by molar-refractivity contribution is 0.376. The summed E-state index contributed by atoms with van der Waals surface area (Å²) in [5, 5.41) is 8.44. The molecule has 4 heteroatoms. The first-order valence-electron chi connectivity index (χ1n) is 7.68. The van der Waals surface area contributed by atoms with Crippen LogP contribution in [0.15, 0.2) is 30.3 Å². The van der Waals surface area contributed by atoms with E-state index in [0.29, 0.717) is 19.3 Å². The van der Waals surface area contributed by atoms with Crippen LogP contribution in [0.25, 0.3) is 0 Å². The van der Waals surface area contributed by atoms with E-state index in [1.165, 1.54) is 5.56 Å². The quantitative estimate of drug-likeness (QED) is 0.852. The van der Waals surface area contributed by atoms with Gasteiger partial charge in [-0.25, -0.2) is 8.42 Å². The number of sulfone groups is 1. The molecule has 0 aliphatic heterocycles. The summed E-state index contributed by atoms with van der Waals surface area (Å²) in [6.45, 7) is 3.65. The summed E-state index contributed by atoms with van der Waals surface area (Å²) >= 11 is 0. The van der Waals surface area contributed by atoms with Gasteiger partial charge in [-0.05, 0) is 44.1 Å². The van der Waals surface area contributed by atoms with E-state index >= 15 is 0 Å². The van der Waals surface area contributed by atoms with Gasteiger partial charge in [0.05, 0.1) is 22.5 Å². The Hall–Kier alpha value is -1.34. The van der Waals surface area contributed by atoms with Crippen LogP contribution in [0.3, 0.4) is 0 Å². The fourth-order valence-corrected chi connectivity index (χ4v) is 5.42. The van der Waals surface area contributed by atoms with Crippen LogP contribution in [-0.4, -0.2) is 18.9 Å². The Morgan fingerprint density at radius 3 is 2.52 bits per heavy atom. The molecule has 1 aromatic carbocycles. The minimum absolute atomic E-state index is 0.250. The molecule has 2 rings (SSSR count). The Labute approximate surface area is 127 Å². The Bertz CT molecular complexity index is 603. The van der Waals surface area contributed by atoms with Gasteiger partial charge in [0.2, 0.25) is 0 Å². The maximum Gasteiger partial charge on any atom is 0.157 e. The van der Waals surface area contributed by atoms with Crippen LogP contribution in [0.4, 0.5) is 0 Å². The first-order chi connectivity index (χ1) is 10.0. The highest BCUT2D eigenvalue weighted by atomic mass is 32.2. The number of hydrogen-bond donors (Lipinski definition) is 0. The summed E-state index contributed by atoms with van der Waals surface area (Å²) < 4.78 is 25.4. The van der Waals surface area contributed by atoms with Crippen molar-refractivity contribution in [3.63, 3.8) is 0 Å². The average molecular weight is 305 g/mol. The average Bonchev–Trinajstić information content (AvgIpc) is 2.54. The van der Waals surface area contributed by atoms with Gasteiger partial charge >= 0.3 is 0 Å². The SMILES string of the molecule is CCC(C)S(=O)(=O)C1CC(c2ccccc2)CCC1C#N. The predicted molar refractivity (Wildman–Crippen MR) is 84.6 cm³/mol.